The lowest BCUT2D eigenvalue weighted by molar-refractivity contribution is 0.0941. The summed E-state index contributed by atoms with van der Waals surface area (Å²) in [6.45, 7) is -0.0334. The lowest BCUT2D eigenvalue weighted by Gasteiger charge is -2.06. The number of carbonyl (C=O) groups is 1. The molecular weight excluding hydrogens is 182 g/mol. The summed E-state index contributed by atoms with van der Waals surface area (Å²) in [5.41, 5.74) is 1.03. The van der Waals surface area contributed by atoms with Gasteiger partial charge in [0.15, 0.2) is 0 Å². The minimum absolute atomic E-state index is 0.0902. The Bertz CT molecular complexity index is 312. The van der Waals surface area contributed by atoms with Crippen LogP contribution in [0.1, 0.15) is 15.9 Å². The fraction of sp³-hybridized carbons (Fsp3) is 0.300. The van der Waals surface area contributed by atoms with Gasteiger partial charge in [0.25, 0.3) is 5.91 Å². The van der Waals surface area contributed by atoms with Gasteiger partial charge in [-0.05, 0) is 11.6 Å². The quantitative estimate of drug-likeness (QED) is 0.628. The monoisotopic (exact) mass is 195 g/mol. The van der Waals surface area contributed by atoms with E-state index in [9.17, 15) is 4.79 Å². The van der Waals surface area contributed by atoms with E-state index in [2.05, 4.69) is 5.32 Å². The number of rotatable bonds is 4. The number of amides is 1. The molecule has 1 aromatic rings. The molecule has 1 amide bonds. The zero-order chi connectivity index (χ0) is 10.4. The Morgan fingerprint density at radius 3 is 2.64 bits per heavy atom. The van der Waals surface area contributed by atoms with E-state index in [0.717, 1.165) is 0 Å². The second kappa shape index (κ2) is 5.36. The maximum Gasteiger partial charge on any atom is 0.251 e. The highest BCUT2D eigenvalue weighted by Crippen LogP contribution is 2.07. The largest absolute Gasteiger partial charge is 0.395 e. The summed E-state index contributed by atoms with van der Waals surface area (Å²) in [6, 6.07) is 6.81. The third-order valence-electron chi connectivity index (χ3n) is 1.83. The highest BCUT2D eigenvalue weighted by molar-refractivity contribution is 5.95. The van der Waals surface area contributed by atoms with Crippen molar-refractivity contribution in [3.05, 3.63) is 35.4 Å². The van der Waals surface area contributed by atoms with E-state index in [1.807, 2.05) is 0 Å². The van der Waals surface area contributed by atoms with Crippen molar-refractivity contribution in [1.29, 1.82) is 0 Å². The van der Waals surface area contributed by atoms with Gasteiger partial charge in [0.1, 0.15) is 0 Å². The minimum atomic E-state index is -0.274. The van der Waals surface area contributed by atoms with Crippen molar-refractivity contribution in [2.45, 2.75) is 6.61 Å². The van der Waals surface area contributed by atoms with Crippen molar-refractivity contribution in [2.24, 2.45) is 0 Å². The average Bonchev–Trinajstić information content (AvgIpc) is 2.25. The molecule has 0 bridgehead atoms. The summed E-state index contributed by atoms with van der Waals surface area (Å²) in [4.78, 5) is 11.4. The summed E-state index contributed by atoms with van der Waals surface area (Å²) in [5.74, 6) is -0.274. The number of hydrogen-bond donors (Lipinski definition) is 3. The third kappa shape index (κ3) is 2.55. The third-order valence-corrected chi connectivity index (χ3v) is 1.83. The number of aliphatic hydroxyl groups excluding tert-OH is 2. The number of carbonyl (C=O) groups excluding carboxylic acids is 1. The fourth-order valence-electron chi connectivity index (χ4n) is 1.14. The number of aliphatic hydroxyl groups is 2. The van der Waals surface area contributed by atoms with Crippen molar-refractivity contribution in [2.75, 3.05) is 13.2 Å². The molecule has 0 atom stereocenters. The number of benzene rings is 1. The van der Waals surface area contributed by atoms with E-state index in [1.165, 1.54) is 0 Å². The first-order valence-corrected chi connectivity index (χ1v) is 4.37. The molecule has 0 aliphatic rings. The van der Waals surface area contributed by atoms with E-state index in [0.29, 0.717) is 11.1 Å². The van der Waals surface area contributed by atoms with Crippen LogP contribution in [-0.2, 0) is 6.61 Å². The smallest absolute Gasteiger partial charge is 0.251 e. The highest BCUT2D eigenvalue weighted by Gasteiger charge is 2.08. The Morgan fingerprint density at radius 2 is 2.00 bits per heavy atom. The van der Waals surface area contributed by atoms with Crippen LogP contribution in [0.15, 0.2) is 24.3 Å². The zero-order valence-corrected chi connectivity index (χ0v) is 7.73. The molecule has 4 heteroatoms. The molecule has 4 nitrogen and oxygen atoms in total. The number of hydrogen-bond acceptors (Lipinski definition) is 3. The molecule has 0 aromatic heterocycles. The van der Waals surface area contributed by atoms with Crippen LogP contribution < -0.4 is 5.32 Å². The molecular formula is C10H13NO3. The molecule has 0 saturated carbocycles. The predicted octanol–water partition coefficient (Wildman–Crippen LogP) is -0.0990. The summed E-state index contributed by atoms with van der Waals surface area (Å²) in [6.07, 6.45) is 0. The highest BCUT2D eigenvalue weighted by atomic mass is 16.3. The maximum absolute atomic E-state index is 11.4. The van der Waals surface area contributed by atoms with Crippen LogP contribution in [0.25, 0.3) is 0 Å². The molecule has 0 saturated heterocycles. The van der Waals surface area contributed by atoms with Crippen LogP contribution >= 0.6 is 0 Å². The van der Waals surface area contributed by atoms with E-state index in [-0.39, 0.29) is 25.7 Å². The molecule has 0 fully saturated rings. The van der Waals surface area contributed by atoms with Crippen molar-refractivity contribution in [3.8, 4) is 0 Å². The van der Waals surface area contributed by atoms with E-state index < -0.39 is 0 Å². The zero-order valence-electron chi connectivity index (χ0n) is 7.73. The van der Waals surface area contributed by atoms with Gasteiger partial charge in [-0.1, -0.05) is 18.2 Å². The van der Waals surface area contributed by atoms with Gasteiger partial charge < -0.3 is 15.5 Å². The Hall–Kier alpha value is -1.39. The van der Waals surface area contributed by atoms with Crippen LogP contribution in [0.4, 0.5) is 0 Å². The molecule has 0 heterocycles. The first-order valence-electron chi connectivity index (χ1n) is 4.37. The summed E-state index contributed by atoms with van der Waals surface area (Å²) < 4.78 is 0. The average molecular weight is 195 g/mol. The van der Waals surface area contributed by atoms with Crippen LogP contribution in [-0.4, -0.2) is 29.3 Å². The standard InChI is InChI=1S/C10H13NO3/c12-6-5-11-10(14)9-4-2-1-3-8(9)7-13/h1-4,12-13H,5-7H2,(H,11,14). The Labute approximate surface area is 82.2 Å². The Balaban J connectivity index is 2.78. The molecule has 3 N–H and O–H groups in total. The molecule has 1 rings (SSSR count). The van der Waals surface area contributed by atoms with Gasteiger partial charge in [-0.2, -0.15) is 0 Å². The van der Waals surface area contributed by atoms with Crippen molar-refractivity contribution in [3.63, 3.8) is 0 Å². The van der Waals surface area contributed by atoms with Crippen LogP contribution in [0, 0.1) is 0 Å². The second-order valence-corrected chi connectivity index (χ2v) is 2.79. The van der Waals surface area contributed by atoms with Gasteiger partial charge in [0, 0.05) is 12.1 Å². The van der Waals surface area contributed by atoms with Gasteiger partial charge in [-0.15, -0.1) is 0 Å². The van der Waals surface area contributed by atoms with Crippen LogP contribution in [0.2, 0.25) is 0 Å². The molecule has 0 unspecified atom stereocenters. The van der Waals surface area contributed by atoms with Gasteiger partial charge >= 0.3 is 0 Å². The van der Waals surface area contributed by atoms with Gasteiger partial charge in [0.2, 0.25) is 0 Å². The van der Waals surface area contributed by atoms with Crippen molar-refractivity contribution >= 4 is 5.91 Å². The van der Waals surface area contributed by atoms with Gasteiger partial charge in [0.05, 0.1) is 13.2 Å². The Kier molecular flexibility index (Phi) is 4.10. The predicted molar refractivity (Wildman–Crippen MR) is 51.8 cm³/mol. The van der Waals surface area contributed by atoms with Crippen molar-refractivity contribution < 1.29 is 15.0 Å². The number of nitrogens with one attached hydrogen (secondary N) is 1. The Morgan fingerprint density at radius 1 is 1.29 bits per heavy atom. The fourth-order valence-corrected chi connectivity index (χ4v) is 1.14. The van der Waals surface area contributed by atoms with Crippen molar-refractivity contribution in [1.82, 2.24) is 5.32 Å². The lowest BCUT2D eigenvalue weighted by Crippen LogP contribution is -2.27. The summed E-state index contributed by atoms with van der Waals surface area (Å²) >= 11 is 0. The second-order valence-electron chi connectivity index (χ2n) is 2.79. The SMILES string of the molecule is O=C(NCCO)c1ccccc1CO. The molecule has 1 aromatic carbocycles. The lowest BCUT2D eigenvalue weighted by atomic mass is 10.1. The molecule has 0 aliphatic carbocycles. The van der Waals surface area contributed by atoms with E-state index >= 15 is 0 Å². The van der Waals surface area contributed by atoms with Gasteiger partial charge in [-0.25, -0.2) is 0 Å². The van der Waals surface area contributed by atoms with Gasteiger partial charge in [-0.3, -0.25) is 4.79 Å². The molecule has 0 aliphatic heterocycles. The van der Waals surface area contributed by atoms with E-state index in [4.69, 9.17) is 10.2 Å². The summed E-state index contributed by atoms with van der Waals surface area (Å²) in [5, 5.41) is 20.0. The molecule has 76 valence electrons. The molecule has 0 spiro atoms. The van der Waals surface area contributed by atoms with Crippen LogP contribution in [0.5, 0.6) is 0 Å². The topological polar surface area (TPSA) is 69.6 Å². The first kappa shape index (κ1) is 10.7. The van der Waals surface area contributed by atoms with E-state index in [1.54, 1.807) is 24.3 Å². The first-order chi connectivity index (χ1) is 6.79. The summed E-state index contributed by atoms with van der Waals surface area (Å²) in [7, 11) is 0. The normalized spacial score (nSPS) is 9.86. The van der Waals surface area contributed by atoms with Crippen LogP contribution in [0.3, 0.4) is 0 Å². The molecule has 14 heavy (non-hydrogen) atoms. The molecule has 0 radical (unpaired) electrons. The maximum atomic E-state index is 11.4. The minimum Gasteiger partial charge on any atom is -0.395 e.